The molecule has 0 saturated carbocycles. The van der Waals surface area contributed by atoms with Crippen LogP contribution in [0.3, 0.4) is 0 Å². The number of rotatable bonds is 4. The second kappa shape index (κ2) is 7.93. The van der Waals surface area contributed by atoms with E-state index >= 15 is 0 Å². The molecule has 0 atom stereocenters. The zero-order valence-electron chi connectivity index (χ0n) is 16.8. The van der Waals surface area contributed by atoms with Gasteiger partial charge in [0.2, 0.25) is 0 Å². The van der Waals surface area contributed by atoms with Crippen molar-refractivity contribution in [2.24, 2.45) is 0 Å². The first-order chi connectivity index (χ1) is 15.4. The van der Waals surface area contributed by atoms with Crippen molar-refractivity contribution in [3.05, 3.63) is 95.1 Å². The highest BCUT2D eigenvalue weighted by Gasteiger charge is 2.32. The van der Waals surface area contributed by atoms with E-state index in [0.29, 0.717) is 24.3 Å². The smallest absolute Gasteiger partial charge is 0.265 e. The minimum absolute atomic E-state index is 0.0720. The van der Waals surface area contributed by atoms with Crippen molar-refractivity contribution >= 4 is 49.8 Å². The van der Waals surface area contributed by atoms with Gasteiger partial charge in [-0.1, -0.05) is 35.9 Å². The number of carbonyl (C=O) groups excluding carboxylic acids is 1. The van der Waals surface area contributed by atoms with E-state index < -0.39 is 15.9 Å². The average molecular weight is 464 g/mol. The highest BCUT2D eigenvalue weighted by molar-refractivity contribution is 7.93. The number of nitrogens with zero attached hydrogens (tertiary/aromatic N) is 2. The lowest BCUT2D eigenvalue weighted by molar-refractivity contribution is 0.102. The lowest BCUT2D eigenvalue weighted by Gasteiger charge is -2.20. The summed E-state index contributed by atoms with van der Waals surface area (Å²) in [6.45, 7) is 0.333. The maximum atomic E-state index is 13.4. The number of sulfonamides is 1. The Morgan fingerprint density at radius 3 is 2.72 bits per heavy atom. The van der Waals surface area contributed by atoms with Gasteiger partial charge in [-0.15, -0.1) is 0 Å². The number of carbonyl (C=O) groups is 1. The summed E-state index contributed by atoms with van der Waals surface area (Å²) in [5.74, 6) is -0.428. The Kier molecular flexibility index (Phi) is 5.07. The molecule has 0 radical (unpaired) electrons. The predicted octanol–water partition coefficient (Wildman–Crippen LogP) is 4.89. The van der Waals surface area contributed by atoms with E-state index in [1.807, 2.05) is 36.4 Å². The third-order valence-electron chi connectivity index (χ3n) is 5.47. The van der Waals surface area contributed by atoms with E-state index in [1.165, 1.54) is 22.5 Å². The Morgan fingerprint density at radius 1 is 1.00 bits per heavy atom. The number of hydrogen-bond acceptors (Lipinski definition) is 4. The van der Waals surface area contributed by atoms with Gasteiger partial charge in [0.1, 0.15) is 4.90 Å². The molecule has 3 aromatic carbocycles. The van der Waals surface area contributed by atoms with Crippen LogP contribution < -0.4 is 9.62 Å². The zero-order chi connectivity index (χ0) is 22.3. The SMILES string of the molecule is O=C(Nc1ccc2ncccc2c1)c1ccc(Cl)c(S(=O)(=O)N2CCc3ccccc32)c1. The van der Waals surface area contributed by atoms with Crippen molar-refractivity contribution in [1.82, 2.24) is 4.98 Å². The number of halogens is 1. The van der Waals surface area contributed by atoms with E-state index in [0.717, 1.165) is 16.5 Å². The summed E-state index contributed by atoms with van der Waals surface area (Å²) < 4.78 is 28.1. The van der Waals surface area contributed by atoms with Crippen LogP contribution in [0.5, 0.6) is 0 Å². The van der Waals surface area contributed by atoms with E-state index in [2.05, 4.69) is 10.3 Å². The molecule has 1 aliphatic heterocycles. The molecule has 5 rings (SSSR count). The quantitative estimate of drug-likeness (QED) is 0.467. The van der Waals surface area contributed by atoms with Crippen molar-refractivity contribution < 1.29 is 13.2 Å². The van der Waals surface area contributed by atoms with Crippen LogP contribution in [0.25, 0.3) is 10.9 Å². The number of para-hydroxylation sites is 1. The Balaban J connectivity index is 1.46. The lowest BCUT2D eigenvalue weighted by Crippen LogP contribution is -2.29. The van der Waals surface area contributed by atoms with Crippen molar-refractivity contribution in [1.29, 1.82) is 0 Å². The van der Waals surface area contributed by atoms with Crippen LogP contribution in [0.15, 0.2) is 83.9 Å². The number of nitrogens with one attached hydrogen (secondary N) is 1. The van der Waals surface area contributed by atoms with Crippen molar-refractivity contribution in [2.75, 3.05) is 16.2 Å². The minimum Gasteiger partial charge on any atom is -0.322 e. The van der Waals surface area contributed by atoms with Gasteiger partial charge in [-0.2, -0.15) is 0 Å². The maximum absolute atomic E-state index is 13.4. The van der Waals surface area contributed by atoms with E-state index in [9.17, 15) is 13.2 Å². The second-order valence-electron chi connectivity index (χ2n) is 7.47. The third kappa shape index (κ3) is 3.59. The molecule has 1 aliphatic rings. The summed E-state index contributed by atoms with van der Waals surface area (Å²) in [5, 5.41) is 3.77. The van der Waals surface area contributed by atoms with E-state index in [1.54, 1.807) is 24.4 Å². The van der Waals surface area contributed by atoms with E-state index in [4.69, 9.17) is 11.6 Å². The molecule has 0 fully saturated rings. The molecule has 32 heavy (non-hydrogen) atoms. The maximum Gasteiger partial charge on any atom is 0.265 e. The topological polar surface area (TPSA) is 79.4 Å². The number of fused-ring (bicyclic) bond motifs is 2. The number of amides is 1. The molecule has 1 N–H and O–H groups in total. The summed E-state index contributed by atoms with van der Waals surface area (Å²) in [7, 11) is -3.93. The van der Waals surface area contributed by atoms with Crippen molar-refractivity contribution in [3.8, 4) is 0 Å². The fraction of sp³-hybridized carbons (Fsp3) is 0.0833. The van der Waals surface area contributed by atoms with Gasteiger partial charge in [0.05, 0.1) is 16.2 Å². The highest BCUT2D eigenvalue weighted by Crippen LogP contribution is 2.35. The molecular weight excluding hydrogens is 446 g/mol. The molecule has 1 amide bonds. The Labute approximate surface area is 190 Å². The summed E-state index contributed by atoms with van der Waals surface area (Å²) in [4.78, 5) is 17.1. The van der Waals surface area contributed by atoms with Gasteiger partial charge in [0.15, 0.2) is 0 Å². The first-order valence-electron chi connectivity index (χ1n) is 10.00. The largest absolute Gasteiger partial charge is 0.322 e. The van der Waals surface area contributed by atoms with Crippen LogP contribution in [0.2, 0.25) is 5.02 Å². The number of hydrogen-bond donors (Lipinski definition) is 1. The van der Waals surface area contributed by atoms with Gasteiger partial charge >= 0.3 is 0 Å². The zero-order valence-corrected chi connectivity index (χ0v) is 18.4. The minimum atomic E-state index is -3.93. The summed E-state index contributed by atoms with van der Waals surface area (Å²) >= 11 is 6.27. The number of anilines is 2. The summed E-state index contributed by atoms with van der Waals surface area (Å²) in [6.07, 6.45) is 2.33. The molecule has 4 aromatic rings. The predicted molar refractivity (Wildman–Crippen MR) is 126 cm³/mol. The Bertz CT molecular complexity index is 1470. The normalized spacial score (nSPS) is 13.2. The van der Waals surface area contributed by atoms with Gasteiger partial charge in [0, 0.05) is 29.4 Å². The molecule has 8 heteroatoms. The summed E-state index contributed by atoms with van der Waals surface area (Å²) in [5.41, 5.74) is 3.21. The first-order valence-corrected chi connectivity index (χ1v) is 11.8. The lowest BCUT2D eigenvalue weighted by atomic mass is 10.1. The highest BCUT2D eigenvalue weighted by atomic mass is 35.5. The Morgan fingerprint density at radius 2 is 1.84 bits per heavy atom. The summed E-state index contributed by atoms with van der Waals surface area (Å²) in [6, 6.07) is 20.8. The molecule has 1 aromatic heterocycles. The van der Waals surface area contributed by atoms with Gasteiger partial charge in [-0.3, -0.25) is 14.1 Å². The van der Waals surface area contributed by atoms with Crippen LogP contribution in [0.1, 0.15) is 15.9 Å². The van der Waals surface area contributed by atoms with Crippen LogP contribution in [0, 0.1) is 0 Å². The van der Waals surface area contributed by atoms with Crippen molar-refractivity contribution in [2.45, 2.75) is 11.3 Å². The molecule has 160 valence electrons. The van der Waals surface area contributed by atoms with Gasteiger partial charge in [0.25, 0.3) is 15.9 Å². The monoisotopic (exact) mass is 463 g/mol. The fourth-order valence-electron chi connectivity index (χ4n) is 3.88. The molecule has 2 heterocycles. The molecule has 0 unspecified atom stereocenters. The molecule has 0 aliphatic carbocycles. The van der Waals surface area contributed by atoms with Crippen LogP contribution >= 0.6 is 11.6 Å². The molecule has 6 nitrogen and oxygen atoms in total. The number of benzene rings is 3. The van der Waals surface area contributed by atoms with Crippen LogP contribution in [-0.4, -0.2) is 25.9 Å². The third-order valence-corrected chi connectivity index (χ3v) is 7.76. The Hall–Kier alpha value is -3.42. The van der Waals surface area contributed by atoms with Crippen LogP contribution in [0.4, 0.5) is 11.4 Å². The first kappa shape index (κ1) is 20.5. The van der Waals surface area contributed by atoms with E-state index in [-0.39, 0.29) is 15.5 Å². The second-order valence-corrected chi connectivity index (χ2v) is 9.70. The standard InChI is InChI=1S/C24H18ClN3O3S/c25-20-9-7-18(24(29)27-19-8-10-21-17(14-19)5-3-12-26-21)15-23(20)32(30,31)28-13-11-16-4-1-2-6-22(16)28/h1-10,12,14-15H,11,13H2,(H,27,29). The fourth-order valence-corrected chi connectivity index (χ4v) is 5.88. The molecule has 0 spiro atoms. The molecular formula is C24H18ClN3O3S. The van der Waals surface area contributed by atoms with Crippen molar-refractivity contribution in [3.63, 3.8) is 0 Å². The van der Waals surface area contributed by atoms with Crippen LogP contribution in [-0.2, 0) is 16.4 Å². The average Bonchev–Trinajstić information content (AvgIpc) is 3.24. The van der Waals surface area contributed by atoms with Gasteiger partial charge in [-0.25, -0.2) is 8.42 Å². The number of aromatic nitrogens is 1. The molecule has 0 bridgehead atoms. The number of pyridine rings is 1. The van der Waals surface area contributed by atoms with Gasteiger partial charge in [-0.05, 0) is 60.5 Å². The van der Waals surface area contributed by atoms with Gasteiger partial charge < -0.3 is 5.32 Å². The molecule has 0 saturated heterocycles.